The van der Waals surface area contributed by atoms with E-state index < -0.39 is 17.3 Å². The summed E-state index contributed by atoms with van der Waals surface area (Å²) < 4.78 is 26.8. The van der Waals surface area contributed by atoms with Gasteiger partial charge in [-0.25, -0.2) is 4.39 Å². The lowest BCUT2D eigenvalue weighted by Crippen LogP contribution is -2.38. The molecule has 3 aromatic rings. The lowest BCUT2D eigenvalue weighted by Gasteiger charge is -2.39. The smallest absolute Gasteiger partial charge is 0.307 e. The first kappa shape index (κ1) is 28.2. The van der Waals surface area contributed by atoms with Crippen molar-refractivity contribution in [2.24, 2.45) is 11.3 Å². The van der Waals surface area contributed by atoms with Gasteiger partial charge >= 0.3 is 5.97 Å². The number of aliphatic carboxylic acids is 1. The van der Waals surface area contributed by atoms with Crippen molar-refractivity contribution in [2.45, 2.75) is 84.2 Å². The molecule has 4 nitrogen and oxygen atoms in total. The molecule has 212 valence electrons. The van der Waals surface area contributed by atoms with Crippen LogP contribution >= 0.6 is 0 Å². The Morgan fingerprint density at radius 2 is 1.77 bits per heavy atom. The van der Waals surface area contributed by atoms with E-state index in [2.05, 4.69) is 39.0 Å². The minimum atomic E-state index is -0.767. The van der Waals surface area contributed by atoms with Gasteiger partial charge in [-0.15, -0.1) is 0 Å². The number of hydrogen-bond acceptors (Lipinski definition) is 3. The molecule has 1 N–H and O–H groups in total. The summed E-state index contributed by atoms with van der Waals surface area (Å²) in [6.45, 7) is 8.87. The van der Waals surface area contributed by atoms with Gasteiger partial charge in [0.25, 0.3) is 0 Å². The molecule has 2 unspecified atom stereocenters. The molecular formula is C35H41FO4. The molecule has 0 bridgehead atoms. The van der Waals surface area contributed by atoms with Gasteiger partial charge in [0, 0.05) is 11.0 Å². The molecule has 2 aliphatic rings. The second kappa shape index (κ2) is 10.9. The third-order valence-corrected chi connectivity index (χ3v) is 9.78. The fourth-order valence-corrected chi connectivity index (χ4v) is 7.04. The molecule has 0 spiro atoms. The molecule has 2 aliphatic carbocycles. The second-order valence-electron chi connectivity index (χ2n) is 12.6. The maximum Gasteiger partial charge on any atom is 0.307 e. The summed E-state index contributed by atoms with van der Waals surface area (Å²) in [6.07, 6.45) is 6.16. The minimum Gasteiger partial charge on any atom is -0.497 e. The zero-order valence-electron chi connectivity index (χ0n) is 24.4. The lowest BCUT2D eigenvalue weighted by molar-refractivity contribution is -0.143. The zero-order valence-corrected chi connectivity index (χ0v) is 24.4. The number of halogens is 1. The van der Waals surface area contributed by atoms with Gasteiger partial charge in [0.2, 0.25) is 0 Å². The number of fused-ring (bicyclic) bond motifs is 1. The third kappa shape index (κ3) is 5.23. The highest BCUT2D eigenvalue weighted by Crippen LogP contribution is 2.51. The largest absolute Gasteiger partial charge is 0.497 e. The second-order valence-corrected chi connectivity index (χ2v) is 12.6. The number of hydrogen-bond donors (Lipinski definition) is 1. The van der Waals surface area contributed by atoms with Crippen molar-refractivity contribution in [3.8, 4) is 22.6 Å². The van der Waals surface area contributed by atoms with E-state index in [9.17, 15) is 9.90 Å². The Bertz CT molecular complexity index is 1410. The summed E-state index contributed by atoms with van der Waals surface area (Å²) in [6, 6.07) is 17.3. The molecule has 3 atom stereocenters. The summed E-state index contributed by atoms with van der Waals surface area (Å²) in [5, 5.41) is 9.79. The van der Waals surface area contributed by atoms with E-state index in [1.165, 1.54) is 11.6 Å². The number of carboxylic acid groups (broad SMARTS) is 1. The van der Waals surface area contributed by atoms with Crippen molar-refractivity contribution in [1.29, 1.82) is 0 Å². The van der Waals surface area contributed by atoms with Crippen molar-refractivity contribution in [3.63, 3.8) is 0 Å². The fourth-order valence-electron chi connectivity index (χ4n) is 7.04. The van der Waals surface area contributed by atoms with E-state index in [0.29, 0.717) is 23.8 Å². The molecule has 1 fully saturated rings. The van der Waals surface area contributed by atoms with Gasteiger partial charge in [0.05, 0.1) is 13.0 Å². The molecule has 0 saturated heterocycles. The molecule has 5 rings (SSSR count). The summed E-state index contributed by atoms with van der Waals surface area (Å²) in [5.41, 5.74) is 5.65. The average Bonchev–Trinajstić information content (AvgIpc) is 3.30. The van der Waals surface area contributed by atoms with Crippen LogP contribution in [0.25, 0.3) is 11.1 Å². The number of benzene rings is 3. The summed E-state index contributed by atoms with van der Waals surface area (Å²) >= 11 is 0. The van der Waals surface area contributed by atoms with E-state index in [-0.39, 0.29) is 11.2 Å². The molecular weight excluding hydrogens is 503 g/mol. The Morgan fingerprint density at radius 1 is 1.00 bits per heavy atom. The molecule has 0 aromatic heterocycles. The normalized spacial score (nSPS) is 22.4. The SMILES string of the molecule is COc1ccc(F)c(-c2ccc(COc3ccc4c(c3)[C@](C)(C(C)C(=O)O)CCC4)cc2C2CCCC2(C)C)c1. The predicted octanol–water partition coefficient (Wildman–Crippen LogP) is 8.69. The molecule has 1 saturated carbocycles. The molecule has 0 radical (unpaired) electrons. The molecule has 3 aromatic carbocycles. The van der Waals surface area contributed by atoms with Crippen LogP contribution in [0.2, 0.25) is 0 Å². The van der Waals surface area contributed by atoms with Gasteiger partial charge in [0.1, 0.15) is 23.9 Å². The van der Waals surface area contributed by atoms with Crippen molar-refractivity contribution in [2.75, 3.05) is 7.11 Å². The van der Waals surface area contributed by atoms with E-state index >= 15 is 4.39 Å². The molecule has 40 heavy (non-hydrogen) atoms. The Morgan fingerprint density at radius 3 is 2.48 bits per heavy atom. The van der Waals surface area contributed by atoms with Gasteiger partial charge in [-0.3, -0.25) is 4.79 Å². The van der Waals surface area contributed by atoms with Crippen molar-refractivity contribution < 1.29 is 23.8 Å². The average molecular weight is 545 g/mol. The van der Waals surface area contributed by atoms with Gasteiger partial charge < -0.3 is 14.6 Å². The highest BCUT2D eigenvalue weighted by atomic mass is 19.1. The first-order valence-electron chi connectivity index (χ1n) is 14.5. The zero-order chi connectivity index (χ0) is 28.7. The predicted molar refractivity (Wildman–Crippen MR) is 157 cm³/mol. The summed E-state index contributed by atoms with van der Waals surface area (Å²) in [7, 11) is 1.60. The maximum absolute atomic E-state index is 15.1. The number of carbonyl (C=O) groups is 1. The highest BCUT2D eigenvalue weighted by molar-refractivity contribution is 5.73. The molecule has 0 amide bonds. The standard InChI is InChI=1S/C35H41FO4/c1-22(33(37)38)35(4)17-6-8-24-11-12-26(20-31(24)35)40-21-23-10-14-27(29-19-25(39-5)13-15-32(29)36)28(18-23)30-9-7-16-34(30,2)3/h10-15,18-20,22,30H,6-9,16-17,21H2,1-5H3,(H,37,38)/t22?,30?,35-/m0/s1. The fraction of sp³-hybridized carbons (Fsp3) is 0.457. The van der Waals surface area contributed by atoms with Gasteiger partial charge in [0.15, 0.2) is 0 Å². The Labute approximate surface area is 237 Å². The third-order valence-electron chi connectivity index (χ3n) is 9.78. The number of aryl methyl sites for hydroxylation is 1. The lowest BCUT2D eigenvalue weighted by atomic mass is 9.64. The highest BCUT2D eigenvalue weighted by Gasteiger charge is 2.41. The summed E-state index contributed by atoms with van der Waals surface area (Å²) in [5.74, 6) is 0.192. The number of ether oxygens (including phenoxy) is 2. The van der Waals surface area contributed by atoms with Gasteiger partial charge in [-0.2, -0.15) is 0 Å². The van der Waals surface area contributed by atoms with E-state index in [4.69, 9.17) is 9.47 Å². The van der Waals surface area contributed by atoms with Gasteiger partial charge in [-0.05, 0) is 102 Å². The quantitative estimate of drug-likeness (QED) is 0.308. The monoisotopic (exact) mass is 544 g/mol. The number of rotatable bonds is 8. The minimum absolute atomic E-state index is 0.118. The number of carboxylic acids is 1. The Hall–Kier alpha value is -3.34. The first-order valence-corrected chi connectivity index (χ1v) is 14.5. The van der Waals surface area contributed by atoms with Crippen LogP contribution in [0.1, 0.15) is 88.0 Å². The molecule has 0 aliphatic heterocycles. The van der Waals surface area contributed by atoms with Crippen molar-refractivity contribution >= 4 is 5.97 Å². The van der Waals surface area contributed by atoms with Crippen LogP contribution in [-0.2, 0) is 23.2 Å². The van der Waals surface area contributed by atoms with Crippen molar-refractivity contribution in [1.82, 2.24) is 0 Å². The van der Waals surface area contributed by atoms with E-state index in [1.54, 1.807) is 19.2 Å². The molecule has 5 heteroatoms. The Balaban J connectivity index is 1.47. The van der Waals surface area contributed by atoms with Crippen LogP contribution in [0.4, 0.5) is 4.39 Å². The first-order chi connectivity index (χ1) is 19.0. The van der Waals surface area contributed by atoms with Gasteiger partial charge in [-0.1, -0.05) is 58.4 Å². The van der Waals surface area contributed by atoms with Crippen molar-refractivity contribution in [3.05, 3.63) is 82.7 Å². The summed E-state index contributed by atoms with van der Waals surface area (Å²) in [4.78, 5) is 11.9. The molecule has 0 heterocycles. The van der Waals surface area contributed by atoms with Crippen LogP contribution in [0.5, 0.6) is 11.5 Å². The maximum atomic E-state index is 15.1. The topological polar surface area (TPSA) is 55.8 Å². The van der Waals surface area contributed by atoms with Crippen LogP contribution in [-0.4, -0.2) is 18.2 Å². The Kier molecular flexibility index (Phi) is 7.69. The van der Waals surface area contributed by atoms with Crippen LogP contribution in [0.15, 0.2) is 54.6 Å². The van der Waals surface area contributed by atoms with Crippen LogP contribution in [0.3, 0.4) is 0 Å². The van der Waals surface area contributed by atoms with E-state index in [0.717, 1.165) is 66.5 Å². The van der Waals surface area contributed by atoms with Crippen LogP contribution in [0, 0.1) is 17.2 Å². The number of methoxy groups -OCH3 is 1. The van der Waals surface area contributed by atoms with Crippen LogP contribution < -0.4 is 9.47 Å². The van der Waals surface area contributed by atoms with E-state index in [1.807, 2.05) is 25.1 Å².